The van der Waals surface area contributed by atoms with Gasteiger partial charge in [-0.2, -0.15) is 0 Å². The predicted molar refractivity (Wildman–Crippen MR) is 60.5 cm³/mol. The lowest BCUT2D eigenvalue weighted by molar-refractivity contribution is 0.223. The summed E-state index contributed by atoms with van der Waals surface area (Å²) in [4.78, 5) is 3.87. The normalized spacial score (nSPS) is 18.6. The molecular weight excluding hydrogens is 194 g/mol. The van der Waals surface area contributed by atoms with Gasteiger partial charge in [0, 0.05) is 44.3 Å². The van der Waals surface area contributed by atoms with Crippen LogP contribution >= 0.6 is 11.3 Å². The van der Waals surface area contributed by atoms with Crippen LogP contribution in [0.2, 0.25) is 0 Å². The molecule has 2 heterocycles. The van der Waals surface area contributed by atoms with Gasteiger partial charge in [-0.1, -0.05) is 6.07 Å². The van der Waals surface area contributed by atoms with Crippen LogP contribution in [-0.4, -0.2) is 37.7 Å². The summed E-state index contributed by atoms with van der Waals surface area (Å²) in [6.07, 6.45) is 0. The van der Waals surface area contributed by atoms with E-state index in [9.17, 15) is 0 Å². The van der Waals surface area contributed by atoms with E-state index in [1.807, 2.05) is 11.3 Å². The van der Waals surface area contributed by atoms with Crippen molar-refractivity contribution in [2.24, 2.45) is 0 Å². The molecule has 0 bridgehead atoms. The Bertz CT molecular complexity index is 242. The molecule has 1 saturated heterocycles. The monoisotopic (exact) mass is 211 g/mol. The van der Waals surface area contributed by atoms with Crippen LogP contribution in [0.4, 0.5) is 0 Å². The summed E-state index contributed by atoms with van der Waals surface area (Å²) in [5.41, 5.74) is 0. The Morgan fingerprint density at radius 2 is 2.29 bits per heavy atom. The number of rotatable bonds is 4. The van der Waals surface area contributed by atoms with Crippen LogP contribution in [0.25, 0.3) is 0 Å². The lowest BCUT2D eigenvalue weighted by atomic mass is 10.4. The summed E-state index contributed by atoms with van der Waals surface area (Å²) < 4.78 is 0. The third-order valence-electron chi connectivity index (χ3n) is 2.42. The molecule has 0 aliphatic carbocycles. The summed E-state index contributed by atoms with van der Waals surface area (Å²) in [7, 11) is 0. The largest absolute Gasteiger partial charge is 0.314 e. The fourth-order valence-corrected chi connectivity index (χ4v) is 2.29. The molecule has 0 spiro atoms. The van der Waals surface area contributed by atoms with Crippen LogP contribution in [0.3, 0.4) is 0 Å². The summed E-state index contributed by atoms with van der Waals surface area (Å²) in [6.45, 7) is 6.59. The maximum absolute atomic E-state index is 3.47. The number of hydrogen-bond acceptors (Lipinski definition) is 4. The molecule has 4 heteroatoms. The van der Waals surface area contributed by atoms with Crippen molar-refractivity contribution in [3.63, 3.8) is 0 Å². The second kappa shape index (κ2) is 5.46. The molecule has 0 radical (unpaired) electrons. The van der Waals surface area contributed by atoms with Crippen LogP contribution in [-0.2, 0) is 6.54 Å². The first-order valence-electron chi connectivity index (χ1n) is 5.11. The van der Waals surface area contributed by atoms with Crippen molar-refractivity contribution in [1.29, 1.82) is 0 Å². The van der Waals surface area contributed by atoms with Crippen molar-refractivity contribution < 1.29 is 0 Å². The Labute approximate surface area is 89.1 Å². The van der Waals surface area contributed by atoms with Gasteiger partial charge in [0.2, 0.25) is 0 Å². The highest BCUT2D eigenvalue weighted by atomic mass is 32.1. The quantitative estimate of drug-likeness (QED) is 0.768. The van der Waals surface area contributed by atoms with Gasteiger partial charge in [0.05, 0.1) is 0 Å². The molecule has 14 heavy (non-hydrogen) atoms. The molecule has 3 nitrogen and oxygen atoms in total. The average Bonchev–Trinajstić information content (AvgIpc) is 2.72. The number of nitrogens with zero attached hydrogens (tertiary/aromatic N) is 1. The Morgan fingerprint density at radius 3 is 3.00 bits per heavy atom. The molecule has 0 aromatic carbocycles. The van der Waals surface area contributed by atoms with Crippen molar-refractivity contribution in [1.82, 2.24) is 15.5 Å². The first kappa shape index (κ1) is 10.1. The number of nitrogens with one attached hydrogen (secondary N) is 2. The Morgan fingerprint density at radius 1 is 1.43 bits per heavy atom. The van der Waals surface area contributed by atoms with Gasteiger partial charge in [0.15, 0.2) is 0 Å². The van der Waals surface area contributed by atoms with Crippen molar-refractivity contribution >= 4 is 11.3 Å². The number of thiophene rings is 1. The Balaban J connectivity index is 1.62. The van der Waals surface area contributed by atoms with Crippen LogP contribution in [0, 0.1) is 0 Å². The van der Waals surface area contributed by atoms with E-state index in [-0.39, 0.29) is 0 Å². The zero-order chi connectivity index (χ0) is 9.64. The van der Waals surface area contributed by atoms with Gasteiger partial charge in [-0.15, -0.1) is 11.3 Å². The molecule has 1 aromatic rings. The van der Waals surface area contributed by atoms with Crippen LogP contribution in [0.1, 0.15) is 4.88 Å². The average molecular weight is 211 g/mol. The Kier molecular flexibility index (Phi) is 3.94. The number of piperazine rings is 1. The minimum absolute atomic E-state index is 1.00. The van der Waals surface area contributed by atoms with Gasteiger partial charge in [0.25, 0.3) is 0 Å². The van der Waals surface area contributed by atoms with Gasteiger partial charge >= 0.3 is 0 Å². The molecule has 1 aliphatic heterocycles. The molecule has 2 rings (SSSR count). The second-order valence-corrected chi connectivity index (χ2v) is 4.56. The summed E-state index contributed by atoms with van der Waals surface area (Å²) in [5, 5.41) is 8.94. The lowest BCUT2D eigenvalue weighted by Crippen LogP contribution is -2.46. The zero-order valence-corrected chi connectivity index (χ0v) is 9.15. The van der Waals surface area contributed by atoms with Crippen molar-refractivity contribution in [3.8, 4) is 0 Å². The topological polar surface area (TPSA) is 27.3 Å². The van der Waals surface area contributed by atoms with E-state index >= 15 is 0 Å². The Hall–Kier alpha value is -0.420. The SMILES string of the molecule is c1csc(CNCN2CCNCC2)c1. The first-order chi connectivity index (χ1) is 6.95. The summed E-state index contributed by atoms with van der Waals surface area (Å²) >= 11 is 1.82. The third-order valence-corrected chi connectivity index (χ3v) is 3.30. The highest BCUT2D eigenvalue weighted by Gasteiger charge is 2.07. The summed E-state index contributed by atoms with van der Waals surface area (Å²) in [5.74, 6) is 0. The molecule has 1 aliphatic rings. The van der Waals surface area contributed by atoms with Gasteiger partial charge in [-0.25, -0.2) is 0 Å². The molecule has 0 amide bonds. The third kappa shape index (κ3) is 3.06. The molecule has 0 atom stereocenters. The van der Waals surface area contributed by atoms with Crippen molar-refractivity contribution in [2.75, 3.05) is 32.8 Å². The van der Waals surface area contributed by atoms with Crippen molar-refractivity contribution in [2.45, 2.75) is 6.54 Å². The van der Waals surface area contributed by atoms with Gasteiger partial charge < -0.3 is 5.32 Å². The zero-order valence-electron chi connectivity index (χ0n) is 8.33. The smallest absolute Gasteiger partial charge is 0.0484 e. The molecular formula is C10H17N3S. The van der Waals surface area contributed by atoms with Gasteiger partial charge in [-0.3, -0.25) is 10.2 Å². The minimum atomic E-state index is 1.00. The number of hydrogen-bond donors (Lipinski definition) is 2. The van der Waals surface area contributed by atoms with E-state index in [4.69, 9.17) is 0 Å². The van der Waals surface area contributed by atoms with Crippen LogP contribution < -0.4 is 10.6 Å². The molecule has 2 N–H and O–H groups in total. The van der Waals surface area contributed by atoms with E-state index < -0.39 is 0 Å². The lowest BCUT2D eigenvalue weighted by Gasteiger charge is -2.27. The van der Waals surface area contributed by atoms with E-state index in [1.165, 1.54) is 4.88 Å². The fourth-order valence-electron chi connectivity index (χ4n) is 1.62. The van der Waals surface area contributed by atoms with Gasteiger partial charge in [0.1, 0.15) is 0 Å². The molecule has 1 aromatic heterocycles. The minimum Gasteiger partial charge on any atom is -0.314 e. The molecule has 78 valence electrons. The maximum Gasteiger partial charge on any atom is 0.0484 e. The highest BCUT2D eigenvalue weighted by molar-refractivity contribution is 7.09. The van der Waals surface area contributed by atoms with Gasteiger partial charge in [-0.05, 0) is 11.4 Å². The van der Waals surface area contributed by atoms with E-state index in [0.717, 1.165) is 39.4 Å². The first-order valence-corrected chi connectivity index (χ1v) is 5.99. The molecule has 1 fully saturated rings. The van der Waals surface area contributed by atoms with Crippen LogP contribution in [0.15, 0.2) is 17.5 Å². The molecule has 0 unspecified atom stereocenters. The van der Waals surface area contributed by atoms with E-state index in [1.54, 1.807) is 0 Å². The summed E-state index contributed by atoms with van der Waals surface area (Å²) in [6, 6.07) is 4.28. The molecule has 0 saturated carbocycles. The fraction of sp³-hybridized carbons (Fsp3) is 0.600. The van der Waals surface area contributed by atoms with E-state index in [0.29, 0.717) is 0 Å². The second-order valence-electron chi connectivity index (χ2n) is 3.53. The van der Waals surface area contributed by atoms with Crippen molar-refractivity contribution in [3.05, 3.63) is 22.4 Å². The maximum atomic E-state index is 3.47. The predicted octanol–water partition coefficient (Wildman–Crippen LogP) is 0.700. The standard InChI is InChI=1S/C10H17N3S/c1-2-10(14-7-1)8-12-9-13-5-3-11-4-6-13/h1-2,7,11-12H,3-6,8-9H2. The highest BCUT2D eigenvalue weighted by Crippen LogP contribution is 2.07. The van der Waals surface area contributed by atoms with E-state index in [2.05, 4.69) is 33.0 Å². The van der Waals surface area contributed by atoms with Crippen LogP contribution in [0.5, 0.6) is 0 Å².